The minimum Gasteiger partial charge on any atom is -0.478 e. The number of piperidine rings is 1. The van der Waals surface area contributed by atoms with Gasteiger partial charge >= 0.3 is 12.0 Å². The first-order valence-corrected chi connectivity index (χ1v) is 7.15. The Labute approximate surface area is 124 Å². The number of aromatic carboxylic acids is 1. The molecule has 3 N–H and O–H groups in total. The molecule has 2 rings (SSSR count). The van der Waals surface area contributed by atoms with Crippen LogP contribution in [0.15, 0.2) is 24.3 Å². The Balaban J connectivity index is 1.89. The summed E-state index contributed by atoms with van der Waals surface area (Å²) in [7, 11) is 2.06. The van der Waals surface area contributed by atoms with Gasteiger partial charge in [-0.05, 0) is 38.6 Å². The van der Waals surface area contributed by atoms with E-state index in [2.05, 4.69) is 22.6 Å². The summed E-state index contributed by atoms with van der Waals surface area (Å²) in [6.45, 7) is 1.62. The highest BCUT2D eigenvalue weighted by Crippen LogP contribution is 2.16. The molecule has 1 unspecified atom stereocenters. The van der Waals surface area contributed by atoms with Gasteiger partial charge in [-0.1, -0.05) is 18.6 Å². The first-order chi connectivity index (χ1) is 10.1. The summed E-state index contributed by atoms with van der Waals surface area (Å²) in [4.78, 5) is 25.2. The number of nitrogens with zero attached hydrogens (tertiary/aromatic N) is 1. The van der Waals surface area contributed by atoms with E-state index in [1.807, 2.05) is 0 Å². The average molecular weight is 291 g/mol. The molecule has 0 bridgehead atoms. The van der Waals surface area contributed by atoms with Crippen LogP contribution < -0.4 is 10.6 Å². The Kier molecular flexibility index (Phi) is 5.16. The van der Waals surface area contributed by atoms with Crippen LogP contribution in [0, 0.1) is 0 Å². The van der Waals surface area contributed by atoms with Crippen LogP contribution >= 0.6 is 0 Å². The Morgan fingerprint density at radius 3 is 2.81 bits per heavy atom. The molecular weight excluding hydrogens is 270 g/mol. The fourth-order valence-electron chi connectivity index (χ4n) is 2.56. The predicted molar refractivity (Wildman–Crippen MR) is 80.7 cm³/mol. The number of urea groups is 1. The lowest BCUT2D eigenvalue weighted by molar-refractivity contribution is 0.0698. The van der Waals surface area contributed by atoms with E-state index < -0.39 is 5.97 Å². The van der Waals surface area contributed by atoms with Crippen LogP contribution in [0.2, 0.25) is 0 Å². The van der Waals surface area contributed by atoms with E-state index >= 15 is 0 Å². The van der Waals surface area contributed by atoms with E-state index in [1.54, 1.807) is 18.2 Å². The molecule has 6 nitrogen and oxygen atoms in total. The lowest BCUT2D eigenvalue weighted by atomic mass is 10.0. The lowest BCUT2D eigenvalue weighted by Gasteiger charge is -2.32. The molecule has 1 heterocycles. The molecule has 0 aromatic heterocycles. The number of amides is 2. The lowest BCUT2D eigenvalue weighted by Crippen LogP contribution is -2.45. The highest BCUT2D eigenvalue weighted by Gasteiger charge is 2.19. The first-order valence-electron chi connectivity index (χ1n) is 7.15. The molecule has 1 aliphatic heterocycles. The number of benzene rings is 1. The van der Waals surface area contributed by atoms with Gasteiger partial charge < -0.3 is 20.6 Å². The van der Waals surface area contributed by atoms with Gasteiger partial charge in [-0.3, -0.25) is 0 Å². The predicted octanol–water partition coefficient (Wildman–Crippen LogP) is 1.99. The number of likely N-dealkylation sites (N-methyl/N-ethyl adjacent to an activating group) is 1. The number of anilines is 1. The number of nitrogens with one attached hydrogen (secondary N) is 2. The molecular formula is C15H21N3O3. The number of carboxylic acids is 1. The summed E-state index contributed by atoms with van der Waals surface area (Å²) in [5, 5.41) is 14.5. The van der Waals surface area contributed by atoms with Crippen molar-refractivity contribution >= 4 is 17.7 Å². The number of carbonyl (C=O) groups is 2. The van der Waals surface area contributed by atoms with Crippen molar-refractivity contribution in [2.45, 2.75) is 25.3 Å². The molecule has 1 aromatic carbocycles. The summed E-state index contributed by atoms with van der Waals surface area (Å²) in [6, 6.07) is 6.34. The molecule has 21 heavy (non-hydrogen) atoms. The van der Waals surface area contributed by atoms with Crippen LogP contribution in [-0.4, -0.2) is 48.2 Å². The van der Waals surface area contributed by atoms with E-state index in [0.717, 1.165) is 13.0 Å². The summed E-state index contributed by atoms with van der Waals surface area (Å²) in [6.07, 6.45) is 3.45. The second-order valence-corrected chi connectivity index (χ2v) is 5.32. The topological polar surface area (TPSA) is 81.7 Å². The molecule has 2 amide bonds. The Hall–Kier alpha value is -2.08. The van der Waals surface area contributed by atoms with Gasteiger partial charge in [-0.25, -0.2) is 9.59 Å². The molecule has 1 saturated heterocycles. The van der Waals surface area contributed by atoms with Crippen molar-refractivity contribution in [2.24, 2.45) is 0 Å². The summed E-state index contributed by atoms with van der Waals surface area (Å²) in [5.74, 6) is -1.06. The molecule has 0 radical (unpaired) electrons. The number of hydrogen-bond donors (Lipinski definition) is 3. The van der Waals surface area contributed by atoms with Gasteiger partial charge in [0.25, 0.3) is 0 Å². The largest absolute Gasteiger partial charge is 0.478 e. The van der Waals surface area contributed by atoms with Crippen molar-refractivity contribution in [1.82, 2.24) is 10.2 Å². The van der Waals surface area contributed by atoms with Gasteiger partial charge in [-0.2, -0.15) is 0 Å². The standard InChI is InChI=1S/C15H21N3O3/c1-18-9-5-4-6-11(18)10-16-15(21)17-13-8-3-2-7-12(13)14(19)20/h2-3,7-8,11H,4-6,9-10H2,1H3,(H,19,20)(H2,16,17,21). The molecule has 1 fully saturated rings. The zero-order chi connectivity index (χ0) is 15.2. The maximum atomic E-state index is 11.9. The number of carboxylic acid groups (broad SMARTS) is 1. The van der Waals surface area contributed by atoms with Gasteiger partial charge in [0.1, 0.15) is 0 Å². The number of hydrogen-bond acceptors (Lipinski definition) is 3. The Morgan fingerprint density at radius 2 is 2.10 bits per heavy atom. The van der Waals surface area contributed by atoms with Crippen LogP contribution in [0.5, 0.6) is 0 Å². The third-order valence-corrected chi connectivity index (χ3v) is 3.83. The van der Waals surface area contributed by atoms with Crippen molar-refractivity contribution in [3.05, 3.63) is 29.8 Å². The monoisotopic (exact) mass is 291 g/mol. The van der Waals surface area contributed by atoms with Crippen LogP contribution in [0.4, 0.5) is 10.5 Å². The van der Waals surface area contributed by atoms with E-state index in [9.17, 15) is 9.59 Å². The molecule has 114 valence electrons. The number of para-hydroxylation sites is 1. The smallest absolute Gasteiger partial charge is 0.337 e. The highest BCUT2D eigenvalue weighted by molar-refractivity contribution is 5.99. The number of likely N-dealkylation sites (tertiary alicyclic amines) is 1. The van der Waals surface area contributed by atoms with Crippen molar-refractivity contribution < 1.29 is 14.7 Å². The summed E-state index contributed by atoms with van der Waals surface area (Å²) < 4.78 is 0. The summed E-state index contributed by atoms with van der Waals surface area (Å²) >= 11 is 0. The quantitative estimate of drug-likeness (QED) is 0.792. The maximum absolute atomic E-state index is 11.9. The number of rotatable bonds is 4. The van der Waals surface area contributed by atoms with Crippen LogP contribution in [-0.2, 0) is 0 Å². The minimum atomic E-state index is -1.06. The third-order valence-electron chi connectivity index (χ3n) is 3.83. The Morgan fingerprint density at radius 1 is 1.33 bits per heavy atom. The van der Waals surface area contributed by atoms with Crippen molar-refractivity contribution in [2.75, 3.05) is 25.5 Å². The molecule has 6 heteroatoms. The second kappa shape index (κ2) is 7.08. The first kappa shape index (κ1) is 15.3. The Bertz CT molecular complexity index is 519. The number of carbonyl (C=O) groups excluding carboxylic acids is 1. The van der Waals surface area contributed by atoms with Crippen LogP contribution in [0.3, 0.4) is 0 Å². The molecule has 0 saturated carbocycles. The summed E-state index contributed by atoms with van der Waals surface area (Å²) in [5.41, 5.74) is 0.391. The fraction of sp³-hybridized carbons (Fsp3) is 0.467. The van der Waals surface area contributed by atoms with Crippen molar-refractivity contribution in [1.29, 1.82) is 0 Å². The second-order valence-electron chi connectivity index (χ2n) is 5.32. The molecule has 0 spiro atoms. The zero-order valence-electron chi connectivity index (χ0n) is 12.1. The molecule has 1 aromatic rings. The zero-order valence-corrected chi connectivity index (χ0v) is 12.1. The van der Waals surface area contributed by atoms with Crippen molar-refractivity contribution in [3.8, 4) is 0 Å². The van der Waals surface area contributed by atoms with E-state index in [-0.39, 0.29) is 11.6 Å². The van der Waals surface area contributed by atoms with Crippen LogP contribution in [0.25, 0.3) is 0 Å². The van der Waals surface area contributed by atoms with Crippen LogP contribution in [0.1, 0.15) is 29.6 Å². The third kappa shape index (κ3) is 4.19. The van der Waals surface area contributed by atoms with Gasteiger partial charge in [-0.15, -0.1) is 0 Å². The van der Waals surface area contributed by atoms with E-state index in [1.165, 1.54) is 18.9 Å². The van der Waals surface area contributed by atoms with Gasteiger partial charge in [0, 0.05) is 12.6 Å². The highest BCUT2D eigenvalue weighted by atomic mass is 16.4. The van der Waals surface area contributed by atoms with Gasteiger partial charge in [0.05, 0.1) is 11.3 Å². The van der Waals surface area contributed by atoms with E-state index in [0.29, 0.717) is 18.3 Å². The van der Waals surface area contributed by atoms with Crippen molar-refractivity contribution in [3.63, 3.8) is 0 Å². The minimum absolute atomic E-state index is 0.0856. The maximum Gasteiger partial charge on any atom is 0.337 e. The SMILES string of the molecule is CN1CCCCC1CNC(=O)Nc1ccccc1C(=O)O. The van der Waals surface area contributed by atoms with Gasteiger partial charge in [0.2, 0.25) is 0 Å². The average Bonchev–Trinajstić information content (AvgIpc) is 2.47. The molecule has 1 atom stereocenters. The van der Waals surface area contributed by atoms with Gasteiger partial charge in [0.15, 0.2) is 0 Å². The normalized spacial score (nSPS) is 19.0. The molecule has 1 aliphatic rings. The van der Waals surface area contributed by atoms with E-state index in [4.69, 9.17) is 5.11 Å². The molecule has 0 aliphatic carbocycles. The fourth-order valence-corrected chi connectivity index (χ4v) is 2.56.